The summed E-state index contributed by atoms with van der Waals surface area (Å²) in [5.41, 5.74) is 3.46. The van der Waals surface area contributed by atoms with Gasteiger partial charge >= 0.3 is 0 Å². The van der Waals surface area contributed by atoms with Crippen LogP contribution in [0.1, 0.15) is 22.6 Å². The standard InChI is InChI=1S/C18H19N3O4S/c1-12-17(13(2)25-20-12)16-8-15(9-19-26(23)24)18(22)21(11-16)10-14-6-4-3-5-7-14/h3-8,11,19H,9-10H2,1-2H3,(H,23,24). The van der Waals surface area contributed by atoms with E-state index in [0.717, 1.165) is 22.4 Å². The average Bonchev–Trinajstić information content (AvgIpc) is 2.95. The highest BCUT2D eigenvalue weighted by molar-refractivity contribution is 7.77. The first-order valence-corrected chi connectivity index (χ1v) is 9.11. The zero-order valence-electron chi connectivity index (χ0n) is 14.4. The molecule has 1 atom stereocenters. The third-order valence-corrected chi connectivity index (χ3v) is 4.46. The summed E-state index contributed by atoms with van der Waals surface area (Å²) < 4.78 is 29.1. The molecule has 7 nitrogen and oxygen atoms in total. The first kappa shape index (κ1) is 18.2. The summed E-state index contributed by atoms with van der Waals surface area (Å²) in [4.78, 5) is 12.8. The highest BCUT2D eigenvalue weighted by Gasteiger charge is 2.16. The molecule has 0 fully saturated rings. The van der Waals surface area contributed by atoms with Crippen molar-refractivity contribution in [3.63, 3.8) is 0 Å². The van der Waals surface area contributed by atoms with E-state index in [2.05, 4.69) is 9.88 Å². The lowest BCUT2D eigenvalue weighted by Gasteiger charge is -2.12. The van der Waals surface area contributed by atoms with E-state index in [-0.39, 0.29) is 12.1 Å². The fraction of sp³-hybridized carbons (Fsp3) is 0.222. The largest absolute Gasteiger partial charge is 0.361 e. The number of hydrogen-bond acceptors (Lipinski definition) is 4. The van der Waals surface area contributed by atoms with E-state index in [1.165, 1.54) is 0 Å². The van der Waals surface area contributed by atoms with Crippen molar-refractivity contribution in [1.82, 2.24) is 14.4 Å². The van der Waals surface area contributed by atoms with E-state index in [4.69, 9.17) is 9.08 Å². The molecule has 0 amide bonds. The number of nitrogens with zero attached hydrogens (tertiary/aromatic N) is 2. The topological polar surface area (TPSA) is 97.4 Å². The van der Waals surface area contributed by atoms with Crippen molar-refractivity contribution < 1.29 is 13.3 Å². The van der Waals surface area contributed by atoms with E-state index in [1.54, 1.807) is 16.8 Å². The van der Waals surface area contributed by atoms with Gasteiger partial charge in [-0.1, -0.05) is 35.5 Å². The molecule has 8 heteroatoms. The van der Waals surface area contributed by atoms with Gasteiger partial charge in [0.1, 0.15) is 5.76 Å². The number of hydrogen-bond donors (Lipinski definition) is 2. The molecule has 0 aliphatic heterocycles. The number of pyridine rings is 1. The van der Waals surface area contributed by atoms with Gasteiger partial charge in [-0.3, -0.25) is 9.35 Å². The lowest BCUT2D eigenvalue weighted by atomic mass is 10.0. The highest BCUT2D eigenvalue weighted by Crippen LogP contribution is 2.26. The molecule has 0 saturated carbocycles. The summed E-state index contributed by atoms with van der Waals surface area (Å²) in [5, 5.41) is 3.97. The van der Waals surface area contributed by atoms with Gasteiger partial charge in [-0.2, -0.15) is 0 Å². The molecule has 0 aliphatic carbocycles. The summed E-state index contributed by atoms with van der Waals surface area (Å²) in [6.45, 7) is 4.02. The minimum Gasteiger partial charge on any atom is -0.361 e. The third-order valence-electron chi connectivity index (χ3n) is 4.06. The fourth-order valence-corrected chi connectivity index (χ4v) is 3.17. The van der Waals surface area contributed by atoms with E-state index in [9.17, 15) is 9.00 Å². The second-order valence-corrected chi connectivity index (χ2v) is 6.73. The predicted molar refractivity (Wildman–Crippen MR) is 98.8 cm³/mol. The minimum atomic E-state index is -2.20. The Morgan fingerprint density at radius 2 is 2.00 bits per heavy atom. The van der Waals surface area contributed by atoms with E-state index < -0.39 is 11.3 Å². The van der Waals surface area contributed by atoms with Gasteiger partial charge in [0, 0.05) is 29.4 Å². The average molecular weight is 373 g/mol. The molecule has 2 N–H and O–H groups in total. The van der Waals surface area contributed by atoms with Crippen LogP contribution in [0.4, 0.5) is 0 Å². The van der Waals surface area contributed by atoms with Crippen molar-refractivity contribution in [1.29, 1.82) is 0 Å². The maximum atomic E-state index is 12.8. The Balaban J connectivity index is 2.10. The lowest BCUT2D eigenvalue weighted by Crippen LogP contribution is -2.28. The Morgan fingerprint density at radius 3 is 2.62 bits per heavy atom. The van der Waals surface area contributed by atoms with Crippen LogP contribution >= 0.6 is 0 Å². The van der Waals surface area contributed by atoms with Gasteiger partial charge in [0.25, 0.3) is 5.56 Å². The quantitative estimate of drug-likeness (QED) is 0.647. The van der Waals surface area contributed by atoms with Gasteiger partial charge in [0.15, 0.2) is 0 Å². The monoisotopic (exact) mass is 373 g/mol. The van der Waals surface area contributed by atoms with Gasteiger partial charge in [0.05, 0.1) is 12.2 Å². The summed E-state index contributed by atoms with van der Waals surface area (Å²) >= 11 is -2.20. The van der Waals surface area contributed by atoms with Crippen LogP contribution < -0.4 is 10.3 Å². The molecule has 0 radical (unpaired) electrons. The molecule has 2 aromatic heterocycles. The number of aryl methyl sites for hydroxylation is 2. The van der Waals surface area contributed by atoms with E-state index in [1.807, 2.05) is 44.2 Å². The lowest BCUT2D eigenvalue weighted by molar-refractivity contribution is 0.393. The normalized spacial score (nSPS) is 12.3. The van der Waals surface area contributed by atoms with Crippen molar-refractivity contribution in [3.05, 3.63) is 75.5 Å². The Bertz CT molecular complexity index is 976. The van der Waals surface area contributed by atoms with Gasteiger partial charge in [-0.25, -0.2) is 8.93 Å². The van der Waals surface area contributed by atoms with Crippen LogP contribution in [0.3, 0.4) is 0 Å². The minimum absolute atomic E-state index is 0.0199. The van der Waals surface area contributed by atoms with Gasteiger partial charge in [-0.05, 0) is 25.5 Å². The van der Waals surface area contributed by atoms with E-state index in [0.29, 0.717) is 17.9 Å². The van der Waals surface area contributed by atoms with Crippen LogP contribution in [0.25, 0.3) is 11.1 Å². The Morgan fingerprint density at radius 1 is 1.27 bits per heavy atom. The molecule has 26 heavy (non-hydrogen) atoms. The molecular weight excluding hydrogens is 354 g/mol. The first-order valence-electron chi connectivity index (χ1n) is 8.00. The summed E-state index contributed by atoms with van der Waals surface area (Å²) in [7, 11) is 0. The van der Waals surface area contributed by atoms with Gasteiger partial charge in [0.2, 0.25) is 11.3 Å². The van der Waals surface area contributed by atoms with Crippen LogP contribution in [0.5, 0.6) is 0 Å². The fourth-order valence-electron chi connectivity index (χ4n) is 2.89. The Hall–Kier alpha value is -2.55. The maximum Gasteiger partial charge on any atom is 0.255 e. The molecular formula is C18H19N3O4S. The van der Waals surface area contributed by atoms with E-state index >= 15 is 0 Å². The van der Waals surface area contributed by atoms with Crippen LogP contribution in [-0.4, -0.2) is 18.5 Å². The zero-order chi connectivity index (χ0) is 18.7. The molecule has 1 aromatic carbocycles. The SMILES string of the molecule is Cc1noc(C)c1-c1cc(CNS(=O)O)c(=O)n(Cc2ccccc2)c1. The van der Waals surface area contributed by atoms with Crippen LogP contribution in [0.2, 0.25) is 0 Å². The predicted octanol–water partition coefficient (Wildman–Crippen LogP) is 2.39. The molecule has 3 rings (SSSR count). The van der Waals surface area contributed by atoms with Crippen molar-refractivity contribution in [3.8, 4) is 11.1 Å². The van der Waals surface area contributed by atoms with Gasteiger partial charge < -0.3 is 9.09 Å². The number of benzene rings is 1. The molecule has 0 spiro atoms. The summed E-state index contributed by atoms with van der Waals surface area (Å²) in [6.07, 6.45) is 1.77. The Kier molecular flexibility index (Phi) is 5.46. The number of aromatic nitrogens is 2. The molecule has 136 valence electrons. The molecule has 3 aromatic rings. The first-order chi connectivity index (χ1) is 12.5. The van der Waals surface area contributed by atoms with Crippen LogP contribution in [0, 0.1) is 13.8 Å². The Labute approximate surface area is 153 Å². The molecule has 0 aliphatic rings. The van der Waals surface area contributed by atoms with Crippen molar-refractivity contribution >= 4 is 11.3 Å². The van der Waals surface area contributed by atoms with Crippen LogP contribution in [0.15, 0.2) is 51.9 Å². The highest BCUT2D eigenvalue weighted by atomic mass is 32.2. The van der Waals surface area contributed by atoms with Gasteiger partial charge in [-0.15, -0.1) is 0 Å². The molecule has 1 unspecified atom stereocenters. The molecule has 2 heterocycles. The third kappa shape index (κ3) is 3.98. The second kappa shape index (κ2) is 7.77. The maximum absolute atomic E-state index is 12.8. The van der Waals surface area contributed by atoms with Crippen molar-refractivity contribution in [2.75, 3.05) is 0 Å². The van der Waals surface area contributed by atoms with Crippen molar-refractivity contribution in [2.24, 2.45) is 0 Å². The zero-order valence-corrected chi connectivity index (χ0v) is 15.2. The smallest absolute Gasteiger partial charge is 0.255 e. The summed E-state index contributed by atoms with van der Waals surface area (Å²) in [5.74, 6) is 0.650. The van der Waals surface area contributed by atoms with Crippen molar-refractivity contribution in [2.45, 2.75) is 26.9 Å². The number of nitrogens with one attached hydrogen (secondary N) is 1. The molecule has 0 bridgehead atoms. The second-order valence-electron chi connectivity index (χ2n) is 5.94. The van der Waals surface area contributed by atoms with Crippen LogP contribution in [-0.2, 0) is 24.4 Å². The number of rotatable bonds is 6. The molecule has 0 saturated heterocycles. The summed E-state index contributed by atoms with van der Waals surface area (Å²) in [6, 6.07) is 11.3.